The summed E-state index contributed by atoms with van der Waals surface area (Å²) in [6.07, 6.45) is 2.52. The molecule has 0 saturated heterocycles. The van der Waals surface area contributed by atoms with Gasteiger partial charge < -0.3 is 4.90 Å². The van der Waals surface area contributed by atoms with Gasteiger partial charge in [-0.25, -0.2) is 0 Å². The van der Waals surface area contributed by atoms with Gasteiger partial charge in [0.25, 0.3) is 0 Å². The van der Waals surface area contributed by atoms with Gasteiger partial charge in [-0.1, -0.05) is 32.0 Å². The van der Waals surface area contributed by atoms with E-state index in [1.165, 1.54) is 35.2 Å². The molecular weight excluding hydrogens is 328 g/mol. The summed E-state index contributed by atoms with van der Waals surface area (Å²) in [6, 6.07) is 10.1. The molecule has 0 radical (unpaired) electrons. The summed E-state index contributed by atoms with van der Waals surface area (Å²) < 4.78 is 0. The lowest BCUT2D eigenvalue weighted by atomic mass is 9.50. The van der Waals surface area contributed by atoms with E-state index in [4.69, 9.17) is 0 Å². The van der Waals surface area contributed by atoms with Crippen molar-refractivity contribution in [3.8, 4) is 0 Å². The molecule has 2 aromatic rings. The molecule has 0 aromatic heterocycles. The zero-order valence-electron chi connectivity index (χ0n) is 17.7. The van der Waals surface area contributed by atoms with Crippen LogP contribution in [0.5, 0.6) is 0 Å². The smallest absolute Gasteiger partial charge is 0.0707 e. The Morgan fingerprint density at radius 3 is 1.93 bits per heavy atom. The normalized spacial score (nSPS) is 28.7. The third-order valence-electron chi connectivity index (χ3n) is 7.93. The third kappa shape index (κ3) is 2.11. The Morgan fingerprint density at radius 2 is 1.37 bits per heavy atom. The van der Waals surface area contributed by atoms with Gasteiger partial charge in [-0.15, -0.1) is 0 Å². The van der Waals surface area contributed by atoms with Gasteiger partial charge in [0, 0.05) is 29.6 Å². The molecule has 0 N–H and O–H groups in total. The first kappa shape index (κ1) is 17.3. The van der Waals surface area contributed by atoms with Crippen LogP contribution in [0.3, 0.4) is 0 Å². The molecule has 0 saturated carbocycles. The van der Waals surface area contributed by atoms with Gasteiger partial charge in [0.2, 0.25) is 0 Å². The average molecular weight is 361 g/mol. The number of hydrogen-bond acceptors (Lipinski definition) is 2. The summed E-state index contributed by atoms with van der Waals surface area (Å²) in [4.78, 5) is 4.97. The lowest BCUT2D eigenvalue weighted by molar-refractivity contribution is 0.304. The van der Waals surface area contributed by atoms with Crippen LogP contribution < -0.4 is 4.90 Å². The molecule has 3 aliphatic carbocycles. The molecule has 0 amide bonds. The number of aryl methyl sites for hydroxylation is 2. The summed E-state index contributed by atoms with van der Waals surface area (Å²) in [5.41, 5.74) is 12.5. The predicted molar refractivity (Wildman–Crippen MR) is 114 cm³/mol. The third-order valence-corrected chi connectivity index (χ3v) is 7.93. The van der Waals surface area contributed by atoms with E-state index in [2.05, 4.69) is 75.7 Å². The van der Waals surface area contributed by atoms with Crippen LogP contribution in [-0.4, -0.2) is 25.2 Å². The van der Waals surface area contributed by atoms with Crippen molar-refractivity contribution in [2.75, 3.05) is 25.2 Å². The van der Waals surface area contributed by atoms with Crippen LogP contribution in [0.2, 0.25) is 0 Å². The van der Waals surface area contributed by atoms with Gasteiger partial charge in [-0.05, 0) is 85.7 Å². The van der Waals surface area contributed by atoms with Crippen LogP contribution >= 0.6 is 0 Å². The largest absolute Gasteiger partial charge is 0.359 e. The minimum atomic E-state index is 0.151. The topological polar surface area (TPSA) is 6.48 Å². The predicted octanol–water partition coefficient (Wildman–Crippen LogP) is 5.25. The number of anilines is 1. The quantitative estimate of drug-likeness (QED) is 0.685. The van der Waals surface area contributed by atoms with Gasteiger partial charge in [0.05, 0.1) is 6.67 Å². The van der Waals surface area contributed by atoms with E-state index in [0.717, 1.165) is 19.8 Å². The van der Waals surface area contributed by atoms with Crippen LogP contribution in [0.4, 0.5) is 5.69 Å². The van der Waals surface area contributed by atoms with E-state index in [-0.39, 0.29) is 10.8 Å². The van der Waals surface area contributed by atoms with Crippen LogP contribution in [-0.2, 0) is 17.4 Å². The number of rotatable bonds is 1. The molecule has 1 heterocycles. The Morgan fingerprint density at radius 1 is 0.852 bits per heavy atom. The van der Waals surface area contributed by atoms with Crippen molar-refractivity contribution in [2.45, 2.75) is 64.8 Å². The van der Waals surface area contributed by atoms with Gasteiger partial charge in [0.15, 0.2) is 0 Å². The minimum Gasteiger partial charge on any atom is -0.359 e. The van der Waals surface area contributed by atoms with Crippen molar-refractivity contribution >= 4 is 5.69 Å². The highest BCUT2D eigenvalue weighted by Gasteiger charge is 2.52. The minimum absolute atomic E-state index is 0.151. The van der Waals surface area contributed by atoms with E-state index in [9.17, 15) is 0 Å². The molecule has 0 spiro atoms. The fraction of sp³-hybridized carbons (Fsp3) is 0.520. The van der Waals surface area contributed by atoms with Crippen molar-refractivity contribution in [3.63, 3.8) is 0 Å². The summed E-state index contributed by atoms with van der Waals surface area (Å²) in [6.45, 7) is 15.0. The Kier molecular flexibility index (Phi) is 3.45. The first-order valence-corrected chi connectivity index (χ1v) is 10.5. The molecule has 142 valence electrons. The van der Waals surface area contributed by atoms with Gasteiger partial charge in [-0.3, -0.25) is 4.90 Å². The Bertz CT molecular complexity index is 959. The van der Waals surface area contributed by atoms with Crippen LogP contribution in [0.15, 0.2) is 24.3 Å². The van der Waals surface area contributed by atoms with Crippen LogP contribution in [0.1, 0.15) is 72.6 Å². The van der Waals surface area contributed by atoms with E-state index in [0.29, 0.717) is 0 Å². The molecule has 2 atom stereocenters. The fourth-order valence-corrected chi connectivity index (χ4v) is 6.00. The molecule has 1 aliphatic heterocycles. The van der Waals surface area contributed by atoms with E-state index >= 15 is 0 Å². The van der Waals surface area contributed by atoms with Crippen molar-refractivity contribution < 1.29 is 0 Å². The van der Waals surface area contributed by atoms with Crippen molar-refractivity contribution in [3.05, 3.63) is 63.2 Å². The molecule has 2 nitrogen and oxygen atoms in total. The van der Waals surface area contributed by atoms with Gasteiger partial charge in [0.1, 0.15) is 0 Å². The van der Waals surface area contributed by atoms with Crippen molar-refractivity contribution in [1.29, 1.82) is 0 Å². The number of hydrogen-bond donors (Lipinski definition) is 0. The first-order chi connectivity index (χ1) is 12.8. The second kappa shape index (κ2) is 5.38. The van der Waals surface area contributed by atoms with Crippen LogP contribution in [0, 0.1) is 13.8 Å². The number of benzene rings is 2. The monoisotopic (exact) mass is 360 g/mol. The zero-order chi connectivity index (χ0) is 19.1. The molecule has 2 unspecified atom stereocenters. The standard InChI is InChI=1S/C25H32N2/c1-7-27-15-26(6)14-18-12-21-22(13-23(18)27)25(5)9-8-24(21,4)19-10-16(2)17(3)11-20(19)25/h10-13H,7-9,14-15H2,1-6H3. The summed E-state index contributed by atoms with van der Waals surface area (Å²) >= 11 is 0. The fourth-order valence-electron chi connectivity index (χ4n) is 6.00. The molecule has 6 rings (SSSR count). The van der Waals surface area contributed by atoms with Gasteiger partial charge in [-0.2, -0.15) is 0 Å². The highest BCUT2D eigenvalue weighted by Crippen LogP contribution is 2.60. The maximum Gasteiger partial charge on any atom is 0.0707 e. The molecule has 2 aromatic carbocycles. The lowest BCUT2D eigenvalue weighted by Crippen LogP contribution is -2.47. The van der Waals surface area contributed by atoms with E-state index < -0.39 is 0 Å². The summed E-state index contributed by atoms with van der Waals surface area (Å²) in [5, 5.41) is 0. The van der Waals surface area contributed by atoms with Crippen molar-refractivity contribution in [2.24, 2.45) is 0 Å². The second-order valence-corrected chi connectivity index (χ2v) is 9.68. The Hall–Kier alpha value is -1.80. The molecule has 2 heteroatoms. The molecule has 0 fully saturated rings. The SMILES string of the molecule is CCN1CN(C)Cc2cc3c(cc21)C1(C)CCC3(C)c2cc(C)c(C)cc21. The Balaban J connectivity index is 1.80. The molecular formula is C25H32N2. The summed E-state index contributed by atoms with van der Waals surface area (Å²) in [5.74, 6) is 0. The molecule has 4 aliphatic rings. The van der Waals surface area contributed by atoms with Gasteiger partial charge >= 0.3 is 0 Å². The second-order valence-electron chi connectivity index (χ2n) is 9.68. The molecule has 27 heavy (non-hydrogen) atoms. The van der Waals surface area contributed by atoms with Crippen molar-refractivity contribution in [1.82, 2.24) is 4.90 Å². The molecule has 2 bridgehead atoms. The zero-order valence-corrected chi connectivity index (χ0v) is 17.7. The number of nitrogens with zero attached hydrogens (tertiary/aromatic N) is 2. The van der Waals surface area contributed by atoms with E-state index in [1.54, 1.807) is 22.3 Å². The maximum absolute atomic E-state index is 2.57. The maximum atomic E-state index is 2.57. The van der Waals surface area contributed by atoms with E-state index in [1.807, 2.05) is 0 Å². The summed E-state index contributed by atoms with van der Waals surface area (Å²) in [7, 11) is 2.24. The first-order valence-electron chi connectivity index (χ1n) is 10.5. The highest BCUT2D eigenvalue weighted by atomic mass is 15.3. The lowest BCUT2D eigenvalue weighted by Gasteiger charge is -2.54. The highest BCUT2D eigenvalue weighted by molar-refractivity contribution is 5.69. The van der Waals surface area contributed by atoms with Crippen LogP contribution in [0.25, 0.3) is 0 Å². The number of fused-ring (bicyclic) bond motifs is 2. The average Bonchev–Trinajstić information content (AvgIpc) is 2.64. The Labute approximate surface area is 164 Å².